The van der Waals surface area contributed by atoms with Crippen LogP contribution in [0.5, 0.6) is 11.5 Å². The Morgan fingerprint density at radius 1 is 1.03 bits per heavy atom. The molecule has 0 bridgehead atoms. The van der Waals surface area contributed by atoms with Crippen LogP contribution in [-0.4, -0.2) is 67.3 Å². The summed E-state index contributed by atoms with van der Waals surface area (Å²) in [5.41, 5.74) is 1.13. The summed E-state index contributed by atoms with van der Waals surface area (Å²) in [5, 5.41) is 0.533. The van der Waals surface area contributed by atoms with E-state index >= 15 is 0 Å². The molecule has 1 saturated heterocycles. The zero-order valence-corrected chi connectivity index (χ0v) is 18.4. The van der Waals surface area contributed by atoms with Crippen LogP contribution in [0.15, 0.2) is 42.5 Å². The van der Waals surface area contributed by atoms with Gasteiger partial charge in [0, 0.05) is 42.3 Å². The Labute approximate surface area is 191 Å². The van der Waals surface area contributed by atoms with Crippen LogP contribution >= 0.6 is 11.6 Å². The molecule has 168 valence electrons. The summed E-state index contributed by atoms with van der Waals surface area (Å²) < 4.78 is 16.7. The minimum absolute atomic E-state index is 0.0582. The molecule has 7 nitrogen and oxygen atoms in total. The fourth-order valence-electron chi connectivity index (χ4n) is 4.13. The van der Waals surface area contributed by atoms with Crippen LogP contribution < -0.4 is 9.47 Å². The molecule has 5 rings (SSSR count). The topological polar surface area (TPSA) is 68.3 Å². The average molecular weight is 457 g/mol. The van der Waals surface area contributed by atoms with Crippen molar-refractivity contribution in [2.24, 2.45) is 5.92 Å². The molecule has 0 spiro atoms. The molecule has 2 fully saturated rings. The molecule has 32 heavy (non-hydrogen) atoms. The van der Waals surface area contributed by atoms with Crippen molar-refractivity contribution in [3.05, 3.63) is 58.6 Å². The first-order valence-electron chi connectivity index (χ1n) is 10.9. The largest absolute Gasteiger partial charge is 0.454 e. The lowest BCUT2D eigenvalue weighted by Gasteiger charge is -2.36. The Morgan fingerprint density at radius 3 is 2.69 bits per heavy atom. The van der Waals surface area contributed by atoms with E-state index < -0.39 is 0 Å². The van der Waals surface area contributed by atoms with Crippen LogP contribution in [0.2, 0.25) is 5.02 Å². The van der Waals surface area contributed by atoms with Gasteiger partial charge >= 0.3 is 0 Å². The molecule has 8 heteroatoms. The van der Waals surface area contributed by atoms with Crippen molar-refractivity contribution in [2.45, 2.75) is 18.9 Å². The molecule has 0 aromatic heterocycles. The van der Waals surface area contributed by atoms with Crippen molar-refractivity contribution in [2.75, 3.05) is 39.6 Å². The number of rotatable bonds is 6. The summed E-state index contributed by atoms with van der Waals surface area (Å²) in [6, 6.07) is 12.2. The second-order valence-electron chi connectivity index (χ2n) is 8.48. The van der Waals surface area contributed by atoms with Gasteiger partial charge < -0.3 is 24.0 Å². The van der Waals surface area contributed by atoms with Crippen molar-refractivity contribution < 1.29 is 23.8 Å². The molecule has 1 unspecified atom stereocenters. The van der Waals surface area contributed by atoms with E-state index in [1.165, 1.54) is 0 Å². The first kappa shape index (κ1) is 21.1. The summed E-state index contributed by atoms with van der Waals surface area (Å²) in [6.45, 7) is 2.68. The smallest absolute Gasteiger partial charge is 0.254 e. The first-order chi connectivity index (χ1) is 15.6. The molecule has 2 amide bonds. The highest BCUT2D eigenvalue weighted by molar-refractivity contribution is 6.30. The normalized spacial score (nSPS) is 19.7. The fourth-order valence-corrected chi connectivity index (χ4v) is 4.32. The average Bonchev–Trinajstić information content (AvgIpc) is 3.50. The standard InChI is InChI=1S/C24H25ClN2O5/c25-19-3-1-2-17(10-19)23(28)26-8-9-30-20(13-26)14-27(12-16-4-5-16)24(29)18-6-7-21-22(11-18)32-15-31-21/h1-3,6-7,10-11,16,20H,4-5,8-9,12-15H2. The third-order valence-electron chi connectivity index (χ3n) is 6.00. The monoisotopic (exact) mass is 456 g/mol. The number of amides is 2. The minimum Gasteiger partial charge on any atom is -0.454 e. The van der Waals surface area contributed by atoms with E-state index in [-0.39, 0.29) is 24.7 Å². The van der Waals surface area contributed by atoms with E-state index in [0.717, 1.165) is 12.8 Å². The second kappa shape index (κ2) is 9.00. The van der Waals surface area contributed by atoms with Gasteiger partial charge in [0.1, 0.15) is 0 Å². The molecule has 2 aliphatic heterocycles. The van der Waals surface area contributed by atoms with Gasteiger partial charge in [-0.05, 0) is 55.2 Å². The highest BCUT2D eigenvalue weighted by atomic mass is 35.5. The van der Waals surface area contributed by atoms with Crippen LogP contribution in [0.3, 0.4) is 0 Å². The maximum Gasteiger partial charge on any atom is 0.254 e. The van der Waals surface area contributed by atoms with Gasteiger partial charge in [-0.3, -0.25) is 9.59 Å². The van der Waals surface area contributed by atoms with E-state index in [2.05, 4.69) is 0 Å². The second-order valence-corrected chi connectivity index (χ2v) is 8.91. The number of carbonyl (C=O) groups excluding carboxylic acids is 2. The van der Waals surface area contributed by atoms with Crippen molar-refractivity contribution >= 4 is 23.4 Å². The van der Waals surface area contributed by atoms with Crippen LogP contribution in [0.1, 0.15) is 33.6 Å². The van der Waals surface area contributed by atoms with E-state index in [0.29, 0.717) is 66.4 Å². The van der Waals surface area contributed by atoms with Gasteiger partial charge in [-0.2, -0.15) is 0 Å². The Kier molecular flexibility index (Phi) is 5.93. The zero-order valence-electron chi connectivity index (χ0n) is 17.7. The third-order valence-corrected chi connectivity index (χ3v) is 6.24. The summed E-state index contributed by atoms with van der Waals surface area (Å²) in [6.07, 6.45) is 2.02. The van der Waals surface area contributed by atoms with Crippen molar-refractivity contribution in [1.29, 1.82) is 0 Å². The molecule has 2 heterocycles. The van der Waals surface area contributed by atoms with Crippen molar-refractivity contribution in [3.8, 4) is 11.5 Å². The molecule has 2 aromatic carbocycles. The summed E-state index contributed by atoms with van der Waals surface area (Å²) in [7, 11) is 0. The number of hydrogen-bond acceptors (Lipinski definition) is 5. The Bertz CT molecular complexity index is 1030. The SMILES string of the molecule is O=C(c1cccc(Cl)c1)N1CCOC(CN(CC2CC2)C(=O)c2ccc3c(c2)OCO3)C1. The molecule has 0 radical (unpaired) electrons. The number of fused-ring (bicyclic) bond motifs is 1. The number of benzene rings is 2. The van der Waals surface area contributed by atoms with Gasteiger partial charge in [0.05, 0.1) is 12.7 Å². The van der Waals surface area contributed by atoms with E-state index in [4.69, 9.17) is 25.8 Å². The zero-order chi connectivity index (χ0) is 22.1. The van der Waals surface area contributed by atoms with Gasteiger partial charge in [-0.15, -0.1) is 0 Å². The third kappa shape index (κ3) is 4.69. The number of ether oxygens (including phenoxy) is 3. The van der Waals surface area contributed by atoms with Gasteiger partial charge in [0.2, 0.25) is 6.79 Å². The molecule has 2 aromatic rings. The number of hydrogen-bond donors (Lipinski definition) is 0. The maximum atomic E-state index is 13.3. The Morgan fingerprint density at radius 2 is 1.88 bits per heavy atom. The summed E-state index contributed by atoms with van der Waals surface area (Å²) >= 11 is 6.05. The molecule has 0 N–H and O–H groups in total. The quantitative estimate of drug-likeness (QED) is 0.666. The predicted octanol–water partition coefficient (Wildman–Crippen LogP) is 3.46. The Balaban J connectivity index is 1.28. The Hall–Kier alpha value is -2.77. The van der Waals surface area contributed by atoms with E-state index in [9.17, 15) is 9.59 Å². The number of halogens is 1. The number of carbonyl (C=O) groups is 2. The lowest BCUT2D eigenvalue weighted by molar-refractivity contribution is -0.0335. The van der Waals surface area contributed by atoms with Crippen LogP contribution in [0.25, 0.3) is 0 Å². The highest BCUT2D eigenvalue weighted by Gasteiger charge is 2.32. The summed E-state index contributed by atoms with van der Waals surface area (Å²) in [5.74, 6) is 1.64. The van der Waals surface area contributed by atoms with E-state index in [1.807, 2.05) is 4.90 Å². The van der Waals surface area contributed by atoms with Gasteiger partial charge in [0.15, 0.2) is 11.5 Å². The minimum atomic E-state index is -0.247. The molecule has 3 aliphatic rings. The lowest BCUT2D eigenvalue weighted by Crippen LogP contribution is -2.51. The van der Waals surface area contributed by atoms with Gasteiger partial charge in [-0.1, -0.05) is 17.7 Å². The summed E-state index contributed by atoms with van der Waals surface area (Å²) in [4.78, 5) is 29.9. The fraction of sp³-hybridized carbons (Fsp3) is 0.417. The number of nitrogens with zero attached hydrogens (tertiary/aromatic N) is 2. The molecular formula is C24H25ClN2O5. The lowest BCUT2D eigenvalue weighted by atomic mass is 10.1. The molecule has 1 saturated carbocycles. The maximum absolute atomic E-state index is 13.3. The van der Waals surface area contributed by atoms with Gasteiger partial charge in [0.25, 0.3) is 11.8 Å². The van der Waals surface area contributed by atoms with Crippen LogP contribution in [0.4, 0.5) is 0 Å². The molecular weight excluding hydrogens is 432 g/mol. The van der Waals surface area contributed by atoms with Gasteiger partial charge in [-0.25, -0.2) is 0 Å². The van der Waals surface area contributed by atoms with E-state index in [1.54, 1.807) is 47.4 Å². The van der Waals surface area contributed by atoms with Crippen molar-refractivity contribution in [3.63, 3.8) is 0 Å². The predicted molar refractivity (Wildman–Crippen MR) is 118 cm³/mol. The van der Waals surface area contributed by atoms with Crippen LogP contribution in [-0.2, 0) is 4.74 Å². The highest BCUT2D eigenvalue weighted by Crippen LogP contribution is 2.34. The molecule has 1 atom stereocenters. The number of morpholine rings is 1. The first-order valence-corrected chi connectivity index (χ1v) is 11.3. The van der Waals surface area contributed by atoms with Crippen LogP contribution in [0, 0.1) is 5.92 Å². The molecule has 1 aliphatic carbocycles. The van der Waals surface area contributed by atoms with Crippen molar-refractivity contribution in [1.82, 2.24) is 9.80 Å².